The predicted octanol–water partition coefficient (Wildman–Crippen LogP) is 23.5. The monoisotopic (exact) mass is 1160 g/mol. The molecule has 0 aliphatic carbocycles. The number of para-hydroxylation sites is 4. The lowest BCUT2D eigenvalue weighted by Crippen LogP contribution is -2.25. The lowest BCUT2D eigenvalue weighted by atomic mass is 9.78. The summed E-state index contributed by atoms with van der Waals surface area (Å²) >= 11 is 0. The Bertz CT molecular complexity index is 5050. The van der Waals surface area contributed by atoms with Gasteiger partial charge in [-0.25, -0.2) is 4.98 Å². The smallest absolute Gasteiger partial charge is 0.137 e. The molecule has 0 unspecified atom stereocenters. The minimum atomic E-state index is -0.558. The lowest BCUT2D eigenvalue weighted by Gasteiger charge is -2.32. The number of anilines is 10. The van der Waals surface area contributed by atoms with Crippen molar-refractivity contribution in [3.05, 3.63) is 296 Å². The molecular formula is C84H75N5. The Morgan fingerprint density at radius 1 is 0.348 bits per heavy atom. The zero-order chi connectivity index (χ0) is 69.9. The topological polar surface area (TPSA) is 25.9 Å². The maximum Gasteiger partial charge on any atom is 0.137 e. The first-order chi connectivity index (χ1) is 47.2. The van der Waals surface area contributed by atoms with Crippen molar-refractivity contribution in [1.29, 1.82) is 0 Å². The molecule has 11 aromatic carbocycles. The molecule has 2 aliphatic rings. The van der Waals surface area contributed by atoms with Gasteiger partial charge < -0.3 is 14.7 Å². The van der Waals surface area contributed by atoms with E-state index in [1.807, 2.05) is 71.8 Å². The van der Waals surface area contributed by atoms with E-state index < -0.39 is 60.4 Å². The van der Waals surface area contributed by atoms with Gasteiger partial charge in [0.05, 0.1) is 42.1 Å². The standard InChI is InChI=1S/C84H75N5/c1-82(2,3)63-45-46-85-80(53-63)89-76-44-41-60(61-47-64(83(4,5)6)52-65(48-61)84(7,8)9)51-75(76)73-36-23-22-35-72(73)74-43-42-67(55-79(74)89)88(66-33-20-13-21-34-66)69-50-62(57-27-14-10-15-28-57)49-68(54-69)86-56-87(78-40-25-24-39-77(78)86)81-70(58-29-16-11-17-30-58)37-26-38-71(81)59-31-18-12-19-32-59/h10-55H,56H2,1-9H3/i11D,12D,16D,17D,18D,19D,29D,30D,31D,32D. The summed E-state index contributed by atoms with van der Waals surface area (Å²) in [4.78, 5) is 14.0. The fourth-order valence-electron chi connectivity index (χ4n) is 12.5. The van der Waals surface area contributed by atoms with Crippen molar-refractivity contribution in [3.63, 3.8) is 0 Å². The maximum absolute atomic E-state index is 9.35. The van der Waals surface area contributed by atoms with Gasteiger partial charge in [0.15, 0.2) is 0 Å². The zero-order valence-corrected chi connectivity index (χ0v) is 51.7. The Labute approximate surface area is 540 Å². The molecule has 0 bridgehead atoms. The van der Waals surface area contributed by atoms with E-state index in [-0.39, 0.29) is 50.9 Å². The highest BCUT2D eigenvalue weighted by atomic mass is 15.4. The van der Waals surface area contributed by atoms with Crippen molar-refractivity contribution < 1.29 is 13.7 Å². The number of aromatic nitrogens is 1. The summed E-state index contributed by atoms with van der Waals surface area (Å²) < 4.78 is 90.0. The molecule has 2 aliphatic heterocycles. The van der Waals surface area contributed by atoms with Gasteiger partial charge >= 0.3 is 0 Å². The molecule has 0 saturated carbocycles. The Hall–Kier alpha value is -10.2. The van der Waals surface area contributed by atoms with Crippen LogP contribution < -0.4 is 19.6 Å². The number of rotatable bonds is 10. The van der Waals surface area contributed by atoms with E-state index in [2.05, 4.69) is 210 Å². The summed E-state index contributed by atoms with van der Waals surface area (Å²) in [7, 11) is 0. The van der Waals surface area contributed by atoms with E-state index in [4.69, 9.17) is 13.2 Å². The van der Waals surface area contributed by atoms with Crippen molar-refractivity contribution in [2.24, 2.45) is 0 Å². The van der Waals surface area contributed by atoms with Crippen LogP contribution in [0.25, 0.3) is 66.8 Å². The molecule has 5 nitrogen and oxygen atoms in total. The van der Waals surface area contributed by atoms with Crippen LogP contribution in [0.1, 0.15) is 92.7 Å². The third-order valence-electron chi connectivity index (χ3n) is 17.2. The first kappa shape index (κ1) is 46.0. The van der Waals surface area contributed by atoms with E-state index >= 15 is 0 Å². The van der Waals surface area contributed by atoms with E-state index in [1.54, 1.807) is 18.2 Å². The molecule has 3 heterocycles. The van der Waals surface area contributed by atoms with Gasteiger partial charge in [-0.2, -0.15) is 0 Å². The van der Waals surface area contributed by atoms with Crippen LogP contribution in [0.2, 0.25) is 0 Å². The normalized spacial score (nSPS) is 14.5. The van der Waals surface area contributed by atoms with Crippen LogP contribution in [0.3, 0.4) is 0 Å². The summed E-state index contributed by atoms with van der Waals surface area (Å²) in [6, 6.07) is 68.6. The summed E-state index contributed by atoms with van der Waals surface area (Å²) in [6.45, 7) is 20.4. The average Bonchev–Trinajstić information content (AvgIpc) is 1.48. The minimum absolute atomic E-state index is 0.0679. The van der Waals surface area contributed by atoms with Gasteiger partial charge in [0.2, 0.25) is 0 Å². The first-order valence-electron chi connectivity index (χ1n) is 35.5. The first-order valence-corrected chi connectivity index (χ1v) is 30.5. The maximum atomic E-state index is 9.35. The molecular weight excluding hydrogens is 1080 g/mol. The summed E-state index contributed by atoms with van der Waals surface area (Å²) in [6.07, 6.45) is 1.92. The number of nitrogens with zero attached hydrogens (tertiary/aromatic N) is 5. The zero-order valence-electron chi connectivity index (χ0n) is 61.7. The molecule has 0 radical (unpaired) electrons. The fraction of sp³-hybridized carbons (Fsp3) is 0.155. The van der Waals surface area contributed by atoms with Crippen LogP contribution in [0.4, 0.5) is 57.0 Å². The second-order valence-corrected chi connectivity index (χ2v) is 26.2. The average molecular weight is 1160 g/mol. The summed E-state index contributed by atoms with van der Waals surface area (Å²) in [5.74, 6) is 0.770. The van der Waals surface area contributed by atoms with Crippen molar-refractivity contribution in [2.75, 3.05) is 26.3 Å². The lowest BCUT2D eigenvalue weighted by molar-refractivity contribution is 0.569. The van der Waals surface area contributed by atoms with Gasteiger partial charge in [0.1, 0.15) is 12.5 Å². The Balaban J connectivity index is 0.990. The SMILES string of the molecule is [2H]c1c([2H])c([2H])c(-c2cccc(-c3c([2H])c([2H])c([2H])c([2H])c3[2H])c2N2CN(c3cc(-c4ccccc4)cc(N(c4ccccc4)c4ccc5c(c4)N(c4cc(C(C)(C)C)ccn4)c4ccc(-c6cc(C(C)(C)C)cc(C(C)(C)C)c6)cc4-c4ccccc4-5)c3)c3ccccc32)c([2H])c1[2H]. The van der Waals surface area contributed by atoms with Crippen LogP contribution in [0.5, 0.6) is 0 Å². The van der Waals surface area contributed by atoms with E-state index in [9.17, 15) is 5.48 Å². The Morgan fingerprint density at radius 3 is 1.54 bits per heavy atom. The highest BCUT2D eigenvalue weighted by Gasteiger charge is 2.34. The third kappa shape index (κ3) is 10.8. The van der Waals surface area contributed by atoms with E-state index in [0.717, 1.165) is 95.7 Å². The molecule has 0 fully saturated rings. The molecule has 0 saturated heterocycles. The van der Waals surface area contributed by atoms with Crippen molar-refractivity contribution in [3.8, 4) is 66.8 Å². The number of fused-ring (bicyclic) bond motifs is 6. The van der Waals surface area contributed by atoms with Gasteiger partial charge in [-0.1, -0.05) is 256 Å². The van der Waals surface area contributed by atoms with Crippen LogP contribution >= 0.6 is 0 Å². The second-order valence-electron chi connectivity index (χ2n) is 26.2. The molecule has 0 atom stereocenters. The predicted molar refractivity (Wildman–Crippen MR) is 378 cm³/mol. The molecule has 0 amide bonds. The Kier molecular flexibility index (Phi) is 11.6. The largest absolute Gasteiger partial charge is 0.321 e. The molecule has 0 N–H and O–H groups in total. The minimum Gasteiger partial charge on any atom is -0.321 e. The number of hydrogen-bond acceptors (Lipinski definition) is 5. The molecule has 1 aromatic heterocycles. The second kappa shape index (κ2) is 22.5. The van der Waals surface area contributed by atoms with Crippen LogP contribution in [-0.2, 0) is 16.2 Å². The summed E-state index contributed by atoms with van der Waals surface area (Å²) in [5, 5.41) is 0. The molecule has 14 rings (SSSR count). The highest BCUT2D eigenvalue weighted by molar-refractivity contribution is 6.05. The quantitative estimate of drug-likeness (QED) is 0.136. The highest BCUT2D eigenvalue weighted by Crippen LogP contribution is 2.55. The van der Waals surface area contributed by atoms with Gasteiger partial charge in [-0.3, -0.25) is 4.90 Å². The molecule has 0 spiro atoms. The number of pyridine rings is 1. The Morgan fingerprint density at radius 2 is 0.910 bits per heavy atom. The van der Waals surface area contributed by atoms with Gasteiger partial charge in [-0.15, -0.1) is 0 Å². The van der Waals surface area contributed by atoms with Crippen molar-refractivity contribution >= 4 is 57.0 Å². The van der Waals surface area contributed by atoms with Crippen LogP contribution in [0, 0.1) is 0 Å². The van der Waals surface area contributed by atoms with Crippen molar-refractivity contribution in [1.82, 2.24) is 4.98 Å². The third-order valence-corrected chi connectivity index (χ3v) is 17.2. The van der Waals surface area contributed by atoms with Crippen molar-refractivity contribution in [2.45, 2.75) is 78.6 Å². The summed E-state index contributed by atoms with van der Waals surface area (Å²) in [5.41, 5.74) is 18.9. The van der Waals surface area contributed by atoms with Crippen LogP contribution in [-0.4, -0.2) is 11.7 Å². The van der Waals surface area contributed by atoms with Gasteiger partial charge in [0, 0.05) is 51.2 Å². The number of hydrogen-bond donors (Lipinski definition) is 0. The van der Waals surface area contributed by atoms with Gasteiger partial charge in [0.25, 0.3) is 0 Å². The van der Waals surface area contributed by atoms with E-state index in [1.165, 1.54) is 11.1 Å². The molecule has 12 aromatic rings. The molecule has 89 heavy (non-hydrogen) atoms. The fourth-order valence-corrected chi connectivity index (χ4v) is 12.5. The van der Waals surface area contributed by atoms with Gasteiger partial charge in [-0.05, 0) is 156 Å². The number of benzene rings is 11. The molecule has 5 heteroatoms. The van der Waals surface area contributed by atoms with E-state index in [0.29, 0.717) is 5.69 Å². The van der Waals surface area contributed by atoms with Crippen LogP contribution in [0.15, 0.2) is 279 Å². The molecule has 436 valence electrons.